The van der Waals surface area contributed by atoms with Gasteiger partial charge in [0.2, 0.25) is 5.69 Å². The van der Waals surface area contributed by atoms with Crippen molar-refractivity contribution >= 4 is 0 Å². The molecule has 3 rings (SSSR count). The van der Waals surface area contributed by atoms with Gasteiger partial charge in [0.1, 0.15) is 7.05 Å². The summed E-state index contributed by atoms with van der Waals surface area (Å²) in [4.78, 5) is 0. The van der Waals surface area contributed by atoms with Gasteiger partial charge in [-0.15, -0.1) is 0 Å². The number of hydrogen-bond donors (Lipinski definition) is 0. The SMILES string of the molecule is [2H]C([2H])([2H])c1cc(C)c(-c2cc(C(C)(C)C)cc[n+]2C)cc1-c1cccc(C(C)(C)C)c1. The smallest absolute Gasteiger partial charge is 0.201 e. The van der Waals surface area contributed by atoms with Crippen molar-refractivity contribution in [3.63, 3.8) is 0 Å². The molecule has 0 spiro atoms. The molecule has 0 bridgehead atoms. The fourth-order valence-electron chi connectivity index (χ4n) is 3.68. The molecular weight excluding hydrogens is 350 g/mol. The van der Waals surface area contributed by atoms with Crippen LogP contribution in [0.3, 0.4) is 0 Å². The second-order valence-corrected chi connectivity index (χ2v) is 10.2. The van der Waals surface area contributed by atoms with Crippen LogP contribution in [-0.2, 0) is 17.9 Å². The van der Waals surface area contributed by atoms with Crippen LogP contribution in [0.5, 0.6) is 0 Å². The Balaban J connectivity index is 2.32. The van der Waals surface area contributed by atoms with Gasteiger partial charge >= 0.3 is 0 Å². The minimum absolute atomic E-state index is 0.0167. The highest BCUT2D eigenvalue weighted by molar-refractivity contribution is 5.76. The monoisotopic (exact) mass is 389 g/mol. The maximum absolute atomic E-state index is 8.20. The van der Waals surface area contributed by atoms with Crippen molar-refractivity contribution in [3.8, 4) is 22.4 Å². The highest BCUT2D eigenvalue weighted by atomic mass is 14.9. The number of benzene rings is 2. The van der Waals surface area contributed by atoms with E-state index < -0.39 is 6.85 Å². The van der Waals surface area contributed by atoms with E-state index in [4.69, 9.17) is 4.11 Å². The van der Waals surface area contributed by atoms with Gasteiger partial charge in [-0.3, -0.25) is 0 Å². The van der Waals surface area contributed by atoms with Crippen LogP contribution in [0.25, 0.3) is 22.4 Å². The largest absolute Gasteiger partial charge is 0.212 e. The van der Waals surface area contributed by atoms with Crippen LogP contribution in [0.15, 0.2) is 54.7 Å². The highest BCUT2D eigenvalue weighted by Crippen LogP contribution is 2.34. The van der Waals surface area contributed by atoms with Crippen LogP contribution in [0, 0.1) is 13.8 Å². The minimum atomic E-state index is -2.19. The Morgan fingerprint density at radius 3 is 2.03 bits per heavy atom. The summed E-state index contributed by atoms with van der Waals surface area (Å²) in [7, 11) is 2.04. The predicted molar refractivity (Wildman–Crippen MR) is 125 cm³/mol. The summed E-state index contributed by atoms with van der Waals surface area (Å²) in [6.07, 6.45) is 2.09. The van der Waals surface area contributed by atoms with Crippen LogP contribution >= 0.6 is 0 Å². The lowest BCUT2D eigenvalue weighted by Crippen LogP contribution is -2.32. The Bertz CT molecular complexity index is 1140. The number of aryl methyl sites for hydroxylation is 3. The van der Waals surface area contributed by atoms with E-state index in [1.165, 1.54) is 11.1 Å². The lowest BCUT2D eigenvalue weighted by molar-refractivity contribution is -0.660. The minimum Gasteiger partial charge on any atom is -0.201 e. The zero-order valence-electron chi connectivity index (χ0n) is 22.1. The Labute approximate surface area is 181 Å². The van der Waals surface area contributed by atoms with E-state index in [9.17, 15) is 0 Å². The molecule has 29 heavy (non-hydrogen) atoms. The standard InChI is InChI=1S/C28H36N/c1-19-15-20(2)25(26-17-23(28(6,7)8)13-14-29(26)9)18-24(19)21-11-10-12-22(16-21)27(3,4)5/h10-18H,1-9H3/q+1/i1D3. The number of hydrogen-bond acceptors (Lipinski definition) is 0. The Morgan fingerprint density at radius 1 is 0.759 bits per heavy atom. The van der Waals surface area contributed by atoms with Gasteiger partial charge in [0.05, 0.1) is 0 Å². The normalized spacial score (nSPS) is 14.3. The van der Waals surface area contributed by atoms with Gasteiger partial charge in [-0.2, -0.15) is 0 Å². The quantitative estimate of drug-likeness (QED) is 0.413. The number of aromatic nitrogens is 1. The molecule has 0 saturated heterocycles. The summed E-state index contributed by atoms with van der Waals surface area (Å²) in [6, 6.07) is 16.6. The average molecular weight is 390 g/mol. The molecule has 1 heterocycles. The van der Waals surface area contributed by atoms with E-state index in [1.54, 1.807) is 0 Å². The van der Waals surface area contributed by atoms with Gasteiger partial charge in [-0.05, 0) is 64.1 Å². The van der Waals surface area contributed by atoms with Gasteiger partial charge < -0.3 is 0 Å². The third kappa shape index (κ3) is 4.45. The van der Waals surface area contributed by atoms with E-state index in [2.05, 4.69) is 82.6 Å². The second-order valence-electron chi connectivity index (χ2n) is 10.2. The highest BCUT2D eigenvalue weighted by Gasteiger charge is 2.21. The fourth-order valence-corrected chi connectivity index (χ4v) is 3.68. The van der Waals surface area contributed by atoms with E-state index in [0.717, 1.165) is 27.9 Å². The van der Waals surface area contributed by atoms with Crippen molar-refractivity contribution in [1.29, 1.82) is 0 Å². The van der Waals surface area contributed by atoms with Gasteiger partial charge in [-0.1, -0.05) is 71.9 Å². The fraction of sp³-hybridized carbons (Fsp3) is 0.393. The zero-order valence-corrected chi connectivity index (χ0v) is 19.1. The van der Waals surface area contributed by atoms with Crippen molar-refractivity contribution in [3.05, 3.63) is 77.0 Å². The first-order chi connectivity index (χ1) is 14.6. The topological polar surface area (TPSA) is 3.88 Å². The van der Waals surface area contributed by atoms with Gasteiger partial charge in [0.15, 0.2) is 6.20 Å². The van der Waals surface area contributed by atoms with Crippen molar-refractivity contribution in [2.24, 2.45) is 7.05 Å². The molecule has 1 nitrogen and oxygen atoms in total. The molecule has 0 radical (unpaired) electrons. The summed E-state index contributed by atoms with van der Waals surface area (Å²) in [5.74, 6) is 0. The van der Waals surface area contributed by atoms with E-state index in [-0.39, 0.29) is 10.8 Å². The third-order valence-corrected chi connectivity index (χ3v) is 5.70. The van der Waals surface area contributed by atoms with Crippen molar-refractivity contribution < 1.29 is 8.68 Å². The van der Waals surface area contributed by atoms with Crippen LogP contribution in [-0.4, -0.2) is 0 Å². The maximum atomic E-state index is 8.20. The lowest BCUT2D eigenvalue weighted by Gasteiger charge is -2.21. The molecule has 152 valence electrons. The van der Waals surface area contributed by atoms with Crippen molar-refractivity contribution in [1.82, 2.24) is 0 Å². The molecule has 0 atom stereocenters. The molecule has 1 heteroatoms. The third-order valence-electron chi connectivity index (χ3n) is 5.70. The summed E-state index contributed by atoms with van der Waals surface area (Å²) >= 11 is 0. The molecule has 0 N–H and O–H groups in total. The molecule has 0 aliphatic heterocycles. The molecule has 0 amide bonds. The summed E-state index contributed by atoms with van der Waals surface area (Å²) in [6.45, 7) is 13.0. The maximum Gasteiger partial charge on any atom is 0.212 e. The van der Waals surface area contributed by atoms with Gasteiger partial charge in [-0.25, -0.2) is 4.57 Å². The Hall–Kier alpha value is -2.41. The predicted octanol–water partition coefficient (Wildman–Crippen LogP) is 7.06. The van der Waals surface area contributed by atoms with Crippen LogP contribution in [0.4, 0.5) is 0 Å². The number of pyridine rings is 1. The molecule has 0 fully saturated rings. The molecule has 3 aromatic rings. The number of nitrogens with zero attached hydrogens (tertiary/aromatic N) is 1. The molecule has 2 aromatic carbocycles. The molecular formula is C28H36N+. The first-order valence-corrected chi connectivity index (χ1v) is 10.4. The van der Waals surface area contributed by atoms with Crippen LogP contribution in [0.2, 0.25) is 0 Å². The Kier molecular flexibility index (Phi) is 4.48. The Morgan fingerprint density at radius 2 is 1.41 bits per heavy atom. The van der Waals surface area contributed by atoms with Crippen molar-refractivity contribution in [2.45, 2.75) is 66.1 Å². The average Bonchev–Trinajstić information content (AvgIpc) is 2.66. The van der Waals surface area contributed by atoms with E-state index in [1.807, 2.05) is 32.2 Å². The molecule has 0 saturated carbocycles. The summed E-state index contributed by atoms with van der Waals surface area (Å²) in [5.41, 5.74) is 7.68. The van der Waals surface area contributed by atoms with Gasteiger partial charge in [0, 0.05) is 21.8 Å². The van der Waals surface area contributed by atoms with Crippen LogP contribution < -0.4 is 4.57 Å². The van der Waals surface area contributed by atoms with E-state index >= 15 is 0 Å². The van der Waals surface area contributed by atoms with Gasteiger partial charge in [0.25, 0.3) is 0 Å². The van der Waals surface area contributed by atoms with Crippen molar-refractivity contribution in [2.75, 3.05) is 0 Å². The lowest BCUT2D eigenvalue weighted by atomic mass is 9.84. The summed E-state index contributed by atoms with van der Waals surface area (Å²) < 4.78 is 26.7. The first kappa shape index (κ1) is 17.4. The molecule has 0 aliphatic rings. The molecule has 0 unspecified atom stereocenters. The number of rotatable bonds is 2. The first-order valence-electron chi connectivity index (χ1n) is 11.9. The molecule has 1 aromatic heterocycles. The zero-order chi connectivity index (χ0) is 24.1. The molecule has 0 aliphatic carbocycles. The summed E-state index contributed by atoms with van der Waals surface area (Å²) in [5, 5.41) is 0. The van der Waals surface area contributed by atoms with Crippen LogP contribution in [0.1, 0.15) is 67.9 Å². The van der Waals surface area contributed by atoms with E-state index in [0.29, 0.717) is 5.56 Å². The second kappa shape index (κ2) is 7.44.